The maximum Gasteiger partial charge on any atom is 0.262 e. The van der Waals surface area contributed by atoms with Crippen molar-refractivity contribution in [3.8, 4) is 11.5 Å². The van der Waals surface area contributed by atoms with Crippen molar-refractivity contribution < 1.29 is 22.7 Å². The van der Waals surface area contributed by atoms with Gasteiger partial charge in [-0.15, -0.1) is 0 Å². The van der Waals surface area contributed by atoms with E-state index in [0.717, 1.165) is 5.56 Å². The van der Waals surface area contributed by atoms with E-state index in [1.54, 1.807) is 6.07 Å². The fraction of sp³-hybridized carbons (Fsp3) is 0.188. The van der Waals surface area contributed by atoms with E-state index in [9.17, 15) is 13.2 Å². The Morgan fingerprint density at radius 2 is 1.92 bits per heavy atom. The standard InChI is InChI=1S/C16H14N2O5S/c19-16-9-23-15-6-5-10(7-12(15)17-16)24(20,21)18-13-8-22-14-4-2-1-3-11(13)14/h1-7,13,18H,8-9H2,(H,17,19). The summed E-state index contributed by atoms with van der Waals surface area (Å²) in [6, 6.07) is 11.2. The molecule has 2 aliphatic heterocycles. The lowest BCUT2D eigenvalue weighted by Gasteiger charge is -2.19. The third-order valence-electron chi connectivity index (χ3n) is 3.89. The topological polar surface area (TPSA) is 93.7 Å². The average Bonchev–Trinajstić information content (AvgIpc) is 2.97. The molecule has 4 rings (SSSR count). The van der Waals surface area contributed by atoms with Crippen LogP contribution in [0.3, 0.4) is 0 Å². The number of benzene rings is 2. The molecule has 0 bridgehead atoms. The fourth-order valence-corrected chi connectivity index (χ4v) is 3.97. The number of rotatable bonds is 3. The van der Waals surface area contributed by atoms with Crippen LogP contribution in [0.15, 0.2) is 47.4 Å². The Morgan fingerprint density at radius 1 is 1.08 bits per heavy atom. The molecule has 124 valence electrons. The maximum atomic E-state index is 12.6. The first kappa shape index (κ1) is 15.0. The van der Waals surface area contributed by atoms with Crippen LogP contribution in [0, 0.1) is 0 Å². The number of anilines is 1. The lowest BCUT2D eigenvalue weighted by molar-refractivity contribution is -0.118. The van der Waals surface area contributed by atoms with E-state index in [4.69, 9.17) is 9.47 Å². The SMILES string of the molecule is O=C1COc2ccc(S(=O)(=O)NC3COc4ccccc43)cc2N1. The number of para-hydroxylation sites is 1. The number of nitrogens with one attached hydrogen (secondary N) is 2. The summed E-state index contributed by atoms with van der Waals surface area (Å²) >= 11 is 0. The summed E-state index contributed by atoms with van der Waals surface area (Å²) in [5, 5.41) is 2.60. The van der Waals surface area contributed by atoms with Gasteiger partial charge in [-0.1, -0.05) is 18.2 Å². The molecular formula is C16H14N2O5S. The number of fused-ring (bicyclic) bond motifs is 2. The minimum atomic E-state index is -3.77. The minimum Gasteiger partial charge on any atom is -0.491 e. The smallest absolute Gasteiger partial charge is 0.262 e. The van der Waals surface area contributed by atoms with Crippen molar-refractivity contribution in [1.29, 1.82) is 0 Å². The van der Waals surface area contributed by atoms with Crippen molar-refractivity contribution in [2.45, 2.75) is 10.9 Å². The molecule has 24 heavy (non-hydrogen) atoms. The van der Waals surface area contributed by atoms with E-state index in [1.807, 2.05) is 18.2 Å². The number of carbonyl (C=O) groups excluding carboxylic acids is 1. The Bertz CT molecular complexity index is 926. The Morgan fingerprint density at radius 3 is 2.79 bits per heavy atom. The summed E-state index contributed by atoms with van der Waals surface area (Å²) in [5.74, 6) is 0.808. The highest BCUT2D eigenvalue weighted by atomic mass is 32.2. The molecular weight excluding hydrogens is 332 g/mol. The van der Waals surface area contributed by atoms with E-state index < -0.39 is 16.1 Å². The van der Waals surface area contributed by atoms with E-state index in [2.05, 4.69) is 10.0 Å². The first-order chi connectivity index (χ1) is 11.5. The largest absolute Gasteiger partial charge is 0.491 e. The molecule has 2 aromatic rings. The molecule has 0 spiro atoms. The van der Waals surface area contributed by atoms with E-state index in [1.165, 1.54) is 18.2 Å². The number of hydrogen-bond donors (Lipinski definition) is 2. The molecule has 0 saturated carbocycles. The molecule has 0 saturated heterocycles. The highest BCUT2D eigenvalue weighted by Gasteiger charge is 2.29. The van der Waals surface area contributed by atoms with Gasteiger partial charge in [0, 0.05) is 5.56 Å². The van der Waals surface area contributed by atoms with Crippen molar-refractivity contribution >= 4 is 21.6 Å². The van der Waals surface area contributed by atoms with Gasteiger partial charge in [0.25, 0.3) is 5.91 Å². The quantitative estimate of drug-likeness (QED) is 0.877. The predicted octanol–water partition coefficient (Wildman–Crippen LogP) is 1.43. The van der Waals surface area contributed by atoms with Crippen LogP contribution in [0.2, 0.25) is 0 Å². The lowest BCUT2D eigenvalue weighted by atomic mass is 10.1. The summed E-state index contributed by atoms with van der Waals surface area (Å²) < 4.78 is 38.7. The van der Waals surface area contributed by atoms with Gasteiger partial charge in [-0.3, -0.25) is 4.79 Å². The molecule has 0 aromatic heterocycles. The van der Waals surface area contributed by atoms with Crippen LogP contribution in [0.5, 0.6) is 11.5 Å². The van der Waals surface area contributed by atoms with Crippen molar-refractivity contribution in [1.82, 2.24) is 4.72 Å². The lowest BCUT2D eigenvalue weighted by Crippen LogP contribution is -2.30. The third kappa shape index (κ3) is 2.59. The number of sulfonamides is 1. The zero-order valence-electron chi connectivity index (χ0n) is 12.5. The fourth-order valence-electron chi connectivity index (χ4n) is 2.74. The molecule has 1 amide bonds. The Hall–Kier alpha value is -2.58. The summed E-state index contributed by atoms with van der Waals surface area (Å²) in [6.07, 6.45) is 0. The zero-order chi connectivity index (χ0) is 16.7. The monoisotopic (exact) mass is 346 g/mol. The number of ether oxygens (including phenoxy) is 2. The Balaban J connectivity index is 1.62. The number of amides is 1. The molecule has 2 heterocycles. The van der Waals surface area contributed by atoms with Crippen LogP contribution in [0.4, 0.5) is 5.69 Å². The van der Waals surface area contributed by atoms with Gasteiger partial charge < -0.3 is 14.8 Å². The molecule has 1 unspecified atom stereocenters. The molecule has 7 nitrogen and oxygen atoms in total. The molecule has 0 radical (unpaired) electrons. The van der Waals surface area contributed by atoms with Gasteiger partial charge in [0.2, 0.25) is 10.0 Å². The van der Waals surface area contributed by atoms with E-state index >= 15 is 0 Å². The number of hydrogen-bond acceptors (Lipinski definition) is 5. The highest BCUT2D eigenvalue weighted by molar-refractivity contribution is 7.89. The zero-order valence-corrected chi connectivity index (χ0v) is 13.3. The average molecular weight is 346 g/mol. The number of carbonyl (C=O) groups is 1. The van der Waals surface area contributed by atoms with Gasteiger partial charge in [0.1, 0.15) is 18.1 Å². The summed E-state index contributed by atoms with van der Waals surface area (Å²) in [5.41, 5.74) is 1.15. The molecule has 0 aliphatic carbocycles. The molecule has 8 heteroatoms. The maximum absolute atomic E-state index is 12.6. The Kier molecular flexibility index (Phi) is 3.43. The van der Waals surface area contributed by atoms with Gasteiger partial charge in [0.15, 0.2) is 6.61 Å². The summed E-state index contributed by atoms with van der Waals surface area (Å²) in [7, 11) is -3.77. The highest BCUT2D eigenvalue weighted by Crippen LogP contribution is 2.34. The van der Waals surface area contributed by atoms with Crippen molar-refractivity contribution in [2.24, 2.45) is 0 Å². The van der Waals surface area contributed by atoms with Gasteiger partial charge in [0.05, 0.1) is 16.6 Å². The van der Waals surface area contributed by atoms with Crippen LogP contribution in [0.1, 0.15) is 11.6 Å². The first-order valence-corrected chi connectivity index (χ1v) is 8.82. The second kappa shape index (κ2) is 5.50. The normalized spacial score (nSPS) is 18.8. The minimum absolute atomic E-state index is 0.0523. The molecule has 0 fully saturated rings. The summed E-state index contributed by atoms with van der Waals surface area (Å²) in [6.45, 7) is 0.164. The van der Waals surface area contributed by atoms with Crippen molar-refractivity contribution in [3.63, 3.8) is 0 Å². The first-order valence-electron chi connectivity index (χ1n) is 7.34. The van der Waals surface area contributed by atoms with Crippen LogP contribution in [-0.2, 0) is 14.8 Å². The van der Waals surface area contributed by atoms with Crippen molar-refractivity contribution in [3.05, 3.63) is 48.0 Å². The molecule has 2 aromatic carbocycles. The van der Waals surface area contributed by atoms with E-state index in [-0.39, 0.29) is 24.0 Å². The van der Waals surface area contributed by atoms with Gasteiger partial charge in [-0.25, -0.2) is 13.1 Å². The third-order valence-corrected chi connectivity index (χ3v) is 5.36. The Labute approximate surface area is 138 Å². The second-order valence-corrected chi connectivity index (χ2v) is 7.23. The van der Waals surface area contributed by atoms with Crippen LogP contribution >= 0.6 is 0 Å². The van der Waals surface area contributed by atoms with E-state index in [0.29, 0.717) is 17.2 Å². The van der Waals surface area contributed by atoms with Crippen LogP contribution in [0.25, 0.3) is 0 Å². The van der Waals surface area contributed by atoms with Gasteiger partial charge >= 0.3 is 0 Å². The van der Waals surface area contributed by atoms with Crippen molar-refractivity contribution in [2.75, 3.05) is 18.5 Å². The van der Waals surface area contributed by atoms with Crippen LogP contribution < -0.4 is 19.5 Å². The second-order valence-electron chi connectivity index (χ2n) is 5.52. The predicted molar refractivity (Wildman–Crippen MR) is 85.6 cm³/mol. The van der Waals surface area contributed by atoms with Crippen LogP contribution in [-0.4, -0.2) is 27.5 Å². The summed E-state index contributed by atoms with van der Waals surface area (Å²) in [4.78, 5) is 11.4. The van der Waals surface area contributed by atoms with Gasteiger partial charge in [-0.2, -0.15) is 0 Å². The molecule has 2 aliphatic rings. The van der Waals surface area contributed by atoms with Gasteiger partial charge in [-0.05, 0) is 24.3 Å². The molecule has 2 N–H and O–H groups in total. The molecule has 1 atom stereocenters.